The van der Waals surface area contributed by atoms with Crippen LogP contribution in [0.5, 0.6) is 0 Å². The summed E-state index contributed by atoms with van der Waals surface area (Å²) in [7, 11) is 0. The summed E-state index contributed by atoms with van der Waals surface area (Å²) in [5, 5.41) is 13.0. The molecule has 0 unspecified atom stereocenters. The Morgan fingerprint density at radius 3 is 2.56 bits per heavy atom. The van der Waals surface area contributed by atoms with E-state index in [1.807, 2.05) is 54.6 Å². The number of amidine groups is 1. The predicted octanol–water partition coefficient (Wildman–Crippen LogP) is 4.26. The Balaban J connectivity index is 1.77. The maximum absolute atomic E-state index is 4.16. The summed E-state index contributed by atoms with van der Waals surface area (Å²) < 4.78 is 0. The predicted molar refractivity (Wildman–Crippen MR) is 74.3 cm³/mol. The molecule has 0 spiro atoms. The Morgan fingerprint density at radius 2 is 1.67 bits per heavy atom. The van der Waals surface area contributed by atoms with Crippen molar-refractivity contribution in [1.29, 1.82) is 0 Å². The van der Waals surface area contributed by atoms with Crippen LogP contribution in [0.1, 0.15) is 0 Å². The standard InChI is InChI=1S/C13H10N4S/c1-2-6-10(7-3-1)14-16-13-17-15-11-8-4-5-9-12(11)18-13/h1-9,15H/b16-14+. The number of hydrogen-bond acceptors (Lipinski definition) is 5. The molecule has 0 radical (unpaired) electrons. The van der Waals surface area contributed by atoms with Crippen molar-refractivity contribution in [2.45, 2.75) is 4.90 Å². The summed E-state index contributed by atoms with van der Waals surface area (Å²) in [4.78, 5) is 1.11. The first kappa shape index (κ1) is 11.0. The molecule has 3 rings (SSSR count). The molecule has 0 fully saturated rings. The number of benzene rings is 2. The molecular weight excluding hydrogens is 244 g/mol. The topological polar surface area (TPSA) is 49.1 Å². The van der Waals surface area contributed by atoms with Gasteiger partial charge in [0.2, 0.25) is 5.17 Å². The van der Waals surface area contributed by atoms with Gasteiger partial charge in [0.05, 0.1) is 11.4 Å². The number of rotatable bonds is 1. The molecule has 0 saturated heterocycles. The molecule has 0 aliphatic carbocycles. The summed E-state index contributed by atoms with van der Waals surface area (Å²) in [5.41, 5.74) is 4.78. The molecule has 0 amide bonds. The van der Waals surface area contributed by atoms with Gasteiger partial charge in [-0.25, -0.2) is 0 Å². The van der Waals surface area contributed by atoms with Gasteiger partial charge in [-0.2, -0.15) is 0 Å². The van der Waals surface area contributed by atoms with Crippen LogP contribution in [0.25, 0.3) is 0 Å². The summed E-state index contributed by atoms with van der Waals surface area (Å²) >= 11 is 1.50. The normalized spacial score (nSPS) is 13.9. The lowest BCUT2D eigenvalue weighted by molar-refractivity contribution is 1.22. The maximum atomic E-state index is 4.16. The molecule has 2 aromatic rings. The van der Waals surface area contributed by atoms with E-state index in [1.165, 1.54) is 11.8 Å². The average molecular weight is 254 g/mol. The molecule has 0 saturated carbocycles. The van der Waals surface area contributed by atoms with Gasteiger partial charge in [0.1, 0.15) is 0 Å². The number of anilines is 1. The first-order valence-electron chi connectivity index (χ1n) is 5.49. The molecule has 5 heteroatoms. The van der Waals surface area contributed by atoms with E-state index in [0.717, 1.165) is 16.3 Å². The van der Waals surface area contributed by atoms with Gasteiger partial charge >= 0.3 is 0 Å². The highest BCUT2D eigenvalue weighted by atomic mass is 32.2. The number of thioether (sulfide) groups is 1. The second-order valence-corrected chi connectivity index (χ2v) is 4.65. The van der Waals surface area contributed by atoms with Crippen LogP contribution in [0, 0.1) is 0 Å². The van der Waals surface area contributed by atoms with Gasteiger partial charge < -0.3 is 0 Å². The van der Waals surface area contributed by atoms with Crippen molar-refractivity contribution in [3.8, 4) is 0 Å². The van der Waals surface area contributed by atoms with Crippen molar-refractivity contribution in [2.75, 3.05) is 5.43 Å². The zero-order valence-electron chi connectivity index (χ0n) is 9.45. The average Bonchev–Trinajstić information content (AvgIpc) is 2.46. The van der Waals surface area contributed by atoms with Crippen molar-refractivity contribution in [3.63, 3.8) is 0 Å². The summed E-state index contributed by atoms with van der Waals surface area (Å²) in [6, 6.07) is 17.6. The molecule has 1 heterocycles. The Hall–Kier alpha value is -2.14. The van der Waals surface area contributed by atoms with Crippen LogP contribution in [-0.2, 0) is 0 Å². The highest BCUT2D eigenvalue weighted by molar-refractivity contribution is 8.14. The highest BCUT2D eigenvalue weighted by Gasteiger charge is 2.11. The SMILES string of the molecule is c1ccc(/N=N/C2=NNc3ccccc3S2)cc1. The summed E-state index contributed by atoms with van der Waals surface area (Å²) in [5.74, 6) is 0. The first-order valence-corrected chi connectivity index (χ1v) is 6.31. The number of azo groups is 1. The maximum Gasteiger partial charge on any atom is 0.232 e. The Bertz CT molecular complexity index is 607. The van der Waals surface area contributed by atoms with Gasteiger partial charge in [-0.15, -0.1) is 15.3 Å². The van der Waals surface area contributed by atoms with E-state index in [4.69, 9.17) is 0 Å². The van der Waals surface area contributed by atoms with E-state index in [-0.39, 0.29) is 0 Å². The molecule has 0 bridgehead atoms. The van der Waals surface area contributed by atoms with Crippen LogP contribution < -0.4 is 5.43 Å². The van der Waals surface area contributed by atoms with E-state index in [2.05, 4.69) is 20.8 Å². The van der Waals surface area contributed by atoms with Crippen LogP contribution in [-0.4, -0.2) is 5.17 Å². The molecule has 1 aliphatic heterocycles. The van der Waals surface area contributed by atoms with Crippen molar-refractivity contribution in [2.24, 2.45) is 15.3 Å². The number of fused-ring (bicyclic) bond motifs is 1. The van der Waals surface area contributed by atoms with Crippen LogP contribution >= 0.6 is 11.8 Å². The molecule has 4 nitrogen and oxygen atoms in total. The largest absolute Gasteiger partial charge is 0.275 e. The van der Waals surface area contributed by atoms with E-state index in [1.54, 1.807) is 0 Å². The van der Waals surface area contributed by atoms with E-state index < -0.39 is 0 Å². The van der Waals surface area contributed by atoms with Crippen molar-refractivity contribution in [3.05, 3.63) is 54.6 Å². The minimum Gasteiger partial charge on any atom is -0.275 e. The Morgan fingerprint density at radius 1 is 0.889 bits per heavy atom. The van der Waals surface area contributed by atoms with Crippen molar-refractivity contribution < 1.29 is 0 Å². The van der Waals surface area contributed by atoms with Gasteiger partial charge in [-0.05, 0) is 36.0 Å². The summed E-state index contributed by atoms with van der Waals surface area (Å²) in [6.07, 6.45) is 0. The Kier molecular flexibility index (Phi) is 3.06. The third-order valence-electron chi connectivity index (χ3n) is 2.37. The molecule has 1 N–H and O–H groups in total. The number of para-hydroxylation sites is 1. The summed E-state index contributed by atoms with van der Waals surface area (Å²) in [6.45, 7) is 0. The minimum absolute atomic E-state index is 0.609. The molecule has 2 aromatic carbocycles. The number of nitrogens with one attached hydrogen (secondary N) is 1. The number of hydrazone groups is 1. The molecular formula is C13H10N4S. The van der Waals surface area contributed by atoms with E-state index >= 15 is 0 Å². The Labute approximate surface area is 109 Å². The zero-order chi connectivity index (χ0) is 12.2. The molecule has 18 heavy (non-hydrogen) atoms. The van der Waals surface area contributed by atoms with Crippen LogP contribution in [0.3, 0.4) is 0 Å². The van der Waals surface area contributed by atoms with E-state index in [0.29, 0.717) is 5.17 Å². The van der Waals surface area contributed by atoms with Crippen LogP contribution in [0.2, 0.25) is 0 Å². The van der Waals surface area contributed by atoms with Crippen molar-refractivity contribution >= 4 is 28.3 Å². The smallest absolute Gasteiger partial charge is 0.232 e. The second-order valence-electron chi connectivity index (χ2n) is 3.64. The van der Waals surface area contributed by atoms with Crippen LogP contribution in [0.15, 0.2) is 74.8 Å². The van der Waals surface area contributed by atoms with Gasteiger partial charge in [-0.1, -0.05) is 30.3 Å². The quantitative estimate of drug-likeness (QED) is 0.773. The fraction of sp³-hybridized carbons (Fsp3) is 0. The lowest BCUT2D eigenvalue weighted by atomic mass is 10.3. The zero-order valence-corrected chi connectivity index (χ0v) is 10.3. The highest BCUT2D eigenvalue weighted by Crippen LogP contribution is 2.32. The molecule has 1 aliphatic rings. The first-order chi connectivity index (χ1) is 8.92. The number of hydrogen-bond donors (Lipinski definition) is 1. The molecule has 88 valence electrons. The fourth-order valence-electron chi connectivity index (χ4n) is 1.52. The fourth-order valence-corrected chi connectivity index (χ4v) is 2.26. The van der Waals surface area contributed by atoms with Gasteiger partial charge in [0.15, 0.2) is 0 Å². The van der Waals surface area contributed by atoms with E-state index in [9.17, 15) is 0 Å². The van der Waals surface area contributed by atoms with Crippen molar-refractivity contribution in [1.82, 2.24) is 0 Å². The lowest BCUT2D eigenvalue weighted by Crippen LogP contribution is -2.02. The monoisotopic (exact) mass is 254 g/mol. The van der Waals surface area contributed by atoms with Gasteiger partial charge in [0.25, 0.3) is 0 Å². The molecule has 0 aromatic heterocycles. The van der Waals surface area contributed by atoms with Gasteiger partial charge in [-0.3, -0.25) is 5.43 Å². The van der Waals surface area contributed by atoms with Gasteiger partial charge in [0, 0.05) is 4.90 Å². The third kappa shape index (κ3) is 2.41. The second kappa shape index (κ2) is 5.01. The third-order valence-corrected chi connectivity index (χ3v) is 3.30. The minimum atomic E-state index is 0.609. The number of nitrogens with zero attached hydrogens (tertiary/aromatic N) is 3. The van der Waals surface area contributed by atoms with Crippen LogP contribution in [0.4, 0.5) is 11.4 Å². The molecule has 0 atom stereocenters. The lowest BCUT2D eigenvalue weighted by Gasteiger charge is -2.12.